The third kappa shape index (κ3) is 2.76. The van der Waals surface area contributed by atoms with Crippen LogP contribution in [0.1, 0.15) is 12.5 Å². The van der Waals surface area contributed by atoms with Crippen LogP contribution in [0.3, 0.4) is 0 Å². The van der Waals surface area contributed by atoms with Crippen molar-refractivity contribution in [2.75, 3.05) is 7.11 Å². The quantitative estimate of drug-likeness (QED) is 0.543. The predicted octanol–water partition coefficient (Wildman–Crippen LogP) is 3.94. The van der Waals surface area contributed by atoms with E-state index in [9.17, 15) is 4.79 Å². The molecule has 0 fully saturated rings. The fourth-order valence-electron chi connectivity index (χ4n) is 2.22. The van der Waals surface area contributed by atoms with E-state index in [2.05, 4.69) is 4.99 Å². The highest BCUT2D eigenvalue weighted by Gasteiger charge is 2.08. The Bertz CT molecular complexity index is 892. The van der Waals surface area contributed by atoms with Crippen LogP contribution in [0.2, 0.25) is 0 Å². The molecule has 110 valence electrons. The number of benzene rings is 2. The summed E-state index contributed by atoms with van der Waals surface area (Å²) in [5, 5.41) is 0.876. The molecule has 0 aliphatic heterocycles. The van der Waals surface area contributed by atoms with Gasteiger partial charge in [0.2, 0.25) is 0 Å². The van der Waals surface area contributed by atoms with Crippen molar-refractivity contribution in [2.45, 2.75) is 6.92 Å². The van der Waals surface area contributed by atoms with E-state index in [0.29, 0.717) is 16.9 Å². The number of aliphatic imine (C=N–C) groups is 1. The van der Waals surface area contributed by atoms with Gasteiger partial charge in [-0.15, -0.1) is 0 Å². The molecule has 0 aliphatic rings. The van der Waals surface area contributed by atoms with Gasteiger partial charge in [0.25, 0.3) is 0 Å². The van der Waals surface area contributed by atoms with Crippen molar-refractivity contribution in [2.24, 2.45) is 4.99 Å². The van der Waals surface area contributed by atoms with E-state index in [1.807, 2.05) is 48.5 Å². The number of fused-ring (bicyclic) bond motifs is 1. The molecule has 0 aliphatic carbocycles. The molecule has 0 bridgehead atoms. The minimum absolute atomic E-state index is 0.381. The molecular weight excluding hydrogens is 278 g/mol. The Labute approximate surface area is 127 Å². The van der Waals surface area contributed by atoms with Crippen molar-refractivity contribution in [3.8, 4) is 5.75 Å². The summed E-state index contributed by atoms with van der Waals surface area (Å²) in [6.07, 6.45) is 0. The molecule has 0 radical (unpaired) electrons. The second kappa shape index (κ2) is 5.85. The Hall–Kier alpha value is -2.88. The molecule has 0 atom stereocenters. The zero-order valence-electron chi connectivity index (χ0n) is 12.4. The molecule has 4 nitrogen and oxygen atoms in total. The van der Waals surface area contributed by atoms with E-state index in [1.54, 1.807) is 20.1 Å². The summed E-state index contributed by atoms with van der Waals surface area (Å²) in [7, 11) is 1.61. The van der Waals surface area contributed by atoms with E-state index in [1.165, 1.54) is 0 Å². The molecule has 0 saturated carbocycles. The largest absolute Gasteiger partial charge is 0.497 e. The highest BCUT2D eigenvalue weighted by Crippen LogP contribution is 2.19. The van der Waals surface area contributed by atoms with Gasteiger partial charge >= 0.3 is 5.63 Å². The van der Waals surface area contributed by atoms with Gasteiger partial charge in [0.15, 0.2) is 0 Å². The van der Waals surface area contributed by atoms with E-state index in [0.717, 1.165) is 16.8 Å². The molecule has 0 amide bonds. The number of methoxy groups -OCH3 is 1. The van der Waals surface area contributed by atoms with Gasteiger partial charge in [-0.05, 0) is 43.3 Å². The van der Waals surface area contributed by atoms with Crippen LogP contribution in [-0.4, -0.2) is 12.8 Å². The third-order valence-electron chi connectivity index (χ3n) is 3.40. The van der Waals surface area contributed by atoms with Gasteiger partial charge in [-0.3, -0.25) is 4.99 Å². The molecule has 3 aromatic rings. The molecule has 0 N–H and O–H groups in total. The number of rotatable bonds is 3. The van der Waals surface area contributed by atoms with Crippen LogP contribution in [0.5, 0.6) is 5.75 Å². The summed E-state index contributed by atoms with van der Waals surface area (Å²) in [5.41, 5.74) is 2.03. The van der Waals surface area contributed by atoms with Gasteiger partial charge in [-0.1, -0.05) is 18.2 Å². The van der Waals surface area contributed by atoms with Gasteiger partial charge < -0.3 is 9.15 Å². The summed E-state index contributed by atoms with van der Waals surface area (Å²) in [5.74, 6) is 0.766. The van der Waals surface area contributed by atoms with Crippen LogP contribution < -0.4 is 10.4 Å². The van der Waals surface area contributed by atoms with Crippen molar-refractivity contribution in [1.82, 2.24) is 0 Å². The fraction of sp³-hybridized carbons (Fsp3) is 0.111. The van der Waals surface area contributed by atoms with Gasteiger partial charge in [0.05, 0.1) is 24.1 Å². The Morgan fingerprint density at radius 3 is 2.55 bits per heavy atom. The van der Waals surface area contributed by atoms with E-state index in [4.69, 9.17) is 9.15 Å². The maximum Gasteiger partial charge on any atom is 0.345 e. The SMILES string of the molecule is COc1ccc(N=C(C)c2cc3ccccc3oc2=O)cc1. The Kier molecular flexibility index (Phi) is 3.74. The minimum Gasteiger partial charge on any atom is -0.497 e. The summed E-state index contributed by atoms with van der Waals surface area (Å²) in [6.45, 7) is 1.80. The second-order valence-electron chi connectivity index (χ2n) is 4.88. The monoisotopic (exact) mass is 293 g/mol. The summed E-state index contributed by atoms with van der Waals surface area (Å²) in [6, 6.07) is 16.6. The Balaban J connectivity index is 2.03. The van der Waals surface area contributed by atoms with Gasteiger partial charge in [0, 0.05) is 5.39 Å². The number of nitrogens with zero attached hydrogens (tertiary/aromatic N) is 1. The van der Waals surface area contributed by atoms with Crippen molar-refractivity contribution in [3.05, 3.63) is 70.6 Å². The first kappa shape index (κ1) is 14.1. The highest BCUT2D eigenvalue weighted by molar-refractivity contribution is 6.01. The molecule has 0 unspecified atom stereocenters. The fourth-order valence-corrected chi connectivity index (χ4v) is 2.22. The van der Waals surface area contributed by atoms with Gasteiger partial charge in [-0.25, -0.2) is 4.79 Å². The van der Waals surface area contributed by atoms with Crippen LogP contribution in [0, 0.1) is 0 Å². The topological polar surface area (TPSA) is 51.8 Å². The number of hydrogen-bond donors (Lipinski definition) is 0. The summed E-state index contributed by atoms with van der Waals surface area (Å²) in [4.78, 5) is 16.6. The number of hydrogen-bond acceptors (Lipinski definition) is 4. The molecule has 0 saturated heterocycles. The second-order valence-corrected chi connectivity index (χ2v) is 4.88. The number of para-hydroxylation sites is 1. The van der Waals surface area contributed by atoms with Crippen LogP contribution in [0.15, 0.2) is 68.8 Å². The molecular formula is C18H15NO3. The molecule has 4 heteroatoms. The first-order chi connectivity index (χ1) is 10.7. The predicted molar refractivity (Wildman–Crippen MR) is 87.3 cm³/mol. The third-order valence-corrected chi connectivity index (χ3v) is 3.40. The van der Waals surface area contributed by atoms with Crippen molar-refractivity contribution < 1.29 is 9.15 Å². The lowest BCUT2D eigenvalue weighted by Crippen LogP contribution is -2.11. The lowest BCUT2D eigenvalue weighted by molar-refractivity contribution is 0.415. The van der Waals surface area contributed by atoms with Crippen LogP contribution in [0.25, 0.3) is 11.0 Å². The molecule has 3 rings (SSSR count). The summed E-state index contributed by atoms with van der Waals surface area (Å²) < 4.78 is 10.4. The zero-order valence-corrected chi connectivity index (χ0v) is 12.4. The molecule has 2 aromatic carbocycles. The lowest BCUT2D eigenvalue weighted by atomic mass is 10.1. The maximum absolute atomic E-state index is 12.1. The average Bonchev–Trinajstić information content (AvgIpc) is 2.54. The Morgan fingerprint density at radius 1 is 1.09 bits per heavy atom. The summed E-state index contributed by atoms with van der Waals surface area (Å²) >= 11 is 0. The molecule has 0 spiro atoms. The van der Waals surface area contributed by atoms with E-state index < -0.39 is 0 Å². The van der Waals surface area contributed by atoms with Crippen LogP contribution in [0.4, 0.5) is 5.69 Å². The normalized spacial score (nSPS) is 11.6. The highest BCUT2D eigenvalue weighted by atomic mass is 16.5. The molecule has 22 heavy (non-hydrogen) atoms. The zero-order chi connectivity index (χ0) is 15.5. The van der Waals surface area contributed by atoms with Gasteiger partial charge in [-0.2, -0.15) is 0 Å². The first-order valence-electron chi connectivity index (χ1n) is 6.90. The average molecular weight is 293 g/mol. The van der Waals surface area contributed by atoms with E-state index >= 15 is 0 Å². The minimum atomic E-state index is -0.381. The van der Waals surface area contributed by atoms with Gasteiger partial charge in [0.1, 0.15) is 11.3 Å². The first-order valence-corrected chi connectivity index (χ1v) is 6.90. The standard InChI is InChI=1S/C18H15NO3/c1-12(19-14-7-9-15(21-2)10-8-14)16-11-13-5-3-4-6-17(13)22-18(16)20/h3-11H,1-2H3. The number of ether oxygens (including phenoxy) is 1. The molecule has 1 aromatic heterocycles. The molecule has 1 heterocycles. The van der Waals surface area contributed by atoms with Crippen LogP contribution in [-0.2, 0) is 0 Å². The lowest BCUT2D eigenvalue weighted by Gasteiger charge is -2.03. The van der Waals surface area contributed by atoms with Crippen molar-refractivity contribution >= 4 is 22.4 Å². The van der Waals surface area contributed by atoms with E-state index in [-0.39, 0.29) is 5.63 Å². The van der Waals surface area contributed by atoms with Crippen molar-refractivity contribution in [3.63, 3.8) is 0 Å². The van der Waals surface area contributed by atoms with Crippen LogP contribution >= 0.6 is 0 Å². The maximum atomic E-state index is 12.1. The Morgan fingerprint density at radius 2 is 1.82 bits per heavy atom. The van der Waals surface area contributed by atoms with Crippen molar-refractivity contribution in [1.29, 1.82) is 0 Å². The smallest absolute Gasteiger partial charge is 0.345 e.